The van der Waals surface area contributed by atoms with Crippen LogP contribution in [-0.4, -0.2) is 5.78 Å². The van der Waals surface area contributed by atoms with Gasteiger partial charge in [-0.3, -0.25) is 4.79 Å². The van der Waals surface area contributed by atoms with E-state index in [1.165, 1.54) is 6.92 Å². The molecule has 18 heavy (non-hydrogen) atoms. The lowest BCUT2D eigenvalue weighted by Gasteiger charge is -2.09. The normalized spacial score (nSPS) is 10.4. The smallest absolute Gasteiger partial charge is 0.163 e. The Balaban J connectivity index is 2.17. The molecule has 0 aliphatic carbocycles. The largest absolute Gasteiger partial charge is 0.487 e. The summed E-state index contributed by atoms with van der Waals surface area (Å²) in [5.41, 5.74) is 0.605. The van der Waals surface area contributed by atoms with Crippen LogP contribution in [0.2, 0.25) is 0 Å². The van der Waals surface area contributed by atoms with Crippen LogP contribution in [0.3, 0.4) is 0 Å². The summed E-state index contributed by atoms with van der Waals surface area (Å²) in [6.45, 7) is 2.00. The standard InChI is InChI=1S/C13H10Br2O2S/c1-8(16)11-4-2-9(14)6-12(11)17-7-10-3-5-13(15)18-10/h2-6H,7H2,1H3. The van der Waals surface area contributed by atoms with Gasteiger partial charge in [-0.05, 0) is 53.2 Å². The molecule has 0 unspecified atom stereocenters. The molecule has 0 fully saturated rings. The molecule has 2 aromatic rings. The molecule has 0 aliphatic heterocycles. The van der Waals surface area contributed by atoms with E-state index in [0.29, 0.717) is 17.9 Å². The minimum absolute atomic E-state index is 0.00450. The van der Waals surface area contributed by atoms with Gasteiger partial charge in [-0.25, -0.2) is 0 Å². The Hall–Kier alpha value is -0.650. The summed E-state index contributed by atoms with van der Waals surface area (Å²) in [5, 5.41) is 0. The molecular formula is C13H10Br2O2S. The molecule has 0 amide bonds. The minimum atomic E-state index is 0.00450. The maximum Gasteiger partial charge on any atom is 0.163 e. The number of benzene rings is 1. The van der Waals surface area contributed by atoms with Gasteiger partial charge in [-0.2, -0.15) is 0 Å². The summed E-state index contributed by atoms with van der Waals surface area (Å²) in [7, 11) is 0. The van der Waals surface area contributed by atoms with E-state index < -0.39 is 0 Å². The zero-order chi connectivity index (χ0) is 13.1. The molecule has 2 rings (SSSR count). The molecule has 94 valence electrons. The molecule has 0 spiro atoms. The average Bonchev–Trinajstić information content (AvgIpc) is 2.72. The molecule has 0 saturated heterocycles. The summed E-state index contributed by atoms with van der Waals surface area (Å²) in [4.78, 5) is 12.6. The van der Waals surface area contributed by atoms with Crippen molar-refractivity contribution >= 4 is 49.0 Å². The highest BCUT2D eigenvalue weighted by Gasteiger charge is 2.09. The highest BCUT2D eigenvalue weighted by molar-refractivity contribution is 9.11. The fourth-order valence-corrected chi connectivity index (χ4v) is 3.22. The number of ether oxygens (including phenoxy) is 1. The minimum Gasteiger partial charge on any atom is -0.487 e. The average molecular weight is 390 g/mol. The molecule has 5 heteroatoms. The number of ketones is 1. The molecule has 0 N–H and O–H groups in total. The fourth-order valence-electron chi connectivity index (χ4n) is 1.48. The number of carbonyl (C=O) groups excluding carboxylic acids is 1. The molecule has 2 nitrogen and oxygen atoms in total. The van der Waals surface area contributed by atoms with Gasteiger partial charge in [0.1, 0.15) is 12.4 Å². The van der Waals surface area contributed by atoms with Crippen LogP contribution in [0.1, 0.15) is 22.2 Å². The highest BCUT2D eigenvalue weighted by Crippen LogP contribution is 2.27. The van der Waals surface area contributed by atoms with E-state index in [-0.39, 0.29) is 5.78 Å². The Bertz CT molecular complexity index is 578. The molecule has 0 aliphatic rings. The van der Waals surface area contributed by atoms with Crippen LogP contribution in [-0.2, 0) is 6.61 Å². The molecule has 1 heterocycles. The molecule has 1 aromatic carbocycles. The number of halogens is 2. The maximum absolute atomic E-state index is 11.5. The first kappa shape index (κ1) is 13.8. The first-order chi connectivity index (χ1) is 8.56. The van der Waals surface area contributed by atoms with Gasteiger partial charge >= 0.3 is 0 Å². The number of hydrogen-bond acceptors (Lipinski definition) is 3. The third-order valence-electron chi connectivity index (χ3n) is 2.32. The van der Waals surface area contributed by atoms with Gasteiger partial charge in [0.2, 0.25) is 0 Å². The van der Waals surface area contributed by atoms with E-state index in [1.807, 2.05) is 24.3 Å². The van der Waals surface area contributed by atoms with Crippen LogP contribution in [0, 0.1) is 0 Å². The summed E-state index contributed by atoms with van der Waals surface area (Å²) in [6, 6.07) is 9.41. The van der Waals surface area contributed by atoms with Crippen LogP contribution in [0.5, 0.6) is 5.75 Å². The summed E-state index contributed by atoms with van der Waals surface area (Å²) >= 11 is 8.41. The molecule has 0 radical (unpaired) electrons. The monoisotopic (exact) mass is 388 g/mol. The van der Waals surface area contributed by atoms with Crippen molar-refractivity contribution in [3.63, 3.8) is 0 Å². The van der Waals surface area contributed by atoms with Gasteiger partial charge in [-0.15, -0.1) is 11.3 Å². The highest BCUT2D eigenvalue weighted by atomic mass is 79.9. The van der Waals surface area contributed by atoms with Crippen molar-refractivity contribution in [1.29, 1.82) is 0 Å². The van der Waals surface area contributed by atoms with Crippen molar-refractivity contribution < 1.29 is 9.53 Å². The first-order valence-electron chi connectivity index (χ1n) is 5.24. The molecule has 1 aromatic heterocycles. The van der Waals surface area contributed by atoms with Crippen molar-refractivity contribution in [2.45, 2.75) is 13.5 Å². The van der Waals surface area contributed by atoms with Crippen molar-refractivity contribution in [3.05, 3.63) is 49.0 Å². The van der Waals surface area contributed by atoms with E-state index in [2.05, 4.69) is 31.9 Å². The Morgan fingerprint density at radius 3 is 2.67 bits per heavy atom. The van der Waals surface area contributed by atoms with Crippen molar-refractivity contribution in [2.75, 3.05) is 0 Å². The third-order valence-corrected chi connectivity index (χ3v) is 4.41. The molecule has 0 atom stereocenters. The SMILES string of the molecule is CC(=O)c1ccc(Br)cc1OCc1ccc(Br)s1. The van der Waals surface area contributed by atoms with Crippen LogP contribution in [0.4, 0.5) is 0 Å². The molecule has 0 bridgehead atoms. The third kappa shape index (κ3) is 3.43. The van der Waals surface area contributed by atoms with E-state index in [4.69, 9.17) is 4.74 Å². The lowest BCUT2D eigenvalue weighted by Crippen LogP contribution is -2.00. The summed E-state index contributed by atoms with van der Waals surface area (Å²) < 4.78 is 7.69. The zero-order valence-corrected chi connectivity index (χ0v) is 13.6. The first-order valence-corrected chi connectivity index (χ1v) is 7.64. The van der Waals surface area contributed by atoms with Crippen molar-refractivity contribution in [2.24, 2.45) is 0 Å². The van der Waals surface area contributed by atoms with E-state index in [1.54, 1.807) is 17.4 Å². The molecular weight excluding hydrogens is 380 g/mol. The van der Waals surface area contributed by atoms with Gasteiger partial charge in [0.25, 0.3) is 0 Å². The molecule has 0 saturated carbocycles. The van der Waals surface area contributed by atoms with Crippen LogP contribution >= 0.6 is 43.2 Å². The predicted molar refractivity (Wildman–Crippen MR) is 80.5 cm³/mol. The number of rotatable bonds is 4. The Labute approximate surface area is 126 Å². The fraction of sp³-hybridized carbons (Fsp3) is 0.154. The Morgan fingerprint density at radius 2 is 2.06 bits per heavy atom. The van der Waals surface area contributed by atoms with Gasteiger partial charge in [-0.1, -0.05) is 15.9 Å². The van der Waals surface area contributed by atoms with Gasteiger partial charge in [0, 0.05) is 9.35 Å². The second-order valence-corrected chi connectivity index (χ2v) is 7.15. The second kappa shape index (κ2) is 5.99. The van der Waals surface area contributed by atoms with Gasteiger partial charge < -0.3 is 4.74 Å². The van der Waals surface area contributed by atoms with Crippen LogP contribution in [0.25, 0.3) is 0 Å². The lowest BCUT2D eigenvalue weighted by molar-refractivity contribution is 0.101. The van der Waals surface area contributed by atoms with E-state index >= 15 is 0 Å². The van der Waals surface area contributed by atoms with Crippen LogP contribution in [0.15, 0.2) is 38.6 Å². The Morgan fingerprint density at radius 1 is 1.28 bits per heavy atom. The number of Topliss-reactive ketones (excluding diaryl/α,β-unsaturated/α-hetero) is 1. The van der Waals surface area contributed by atoms with E-state index in [0.717, 1.165) is 13.1 Å². The summed E-state index contributed by atoms with van der Waals surface area (Å²) in [6.07, 6.45) is 0. The number of carbonyl (C=O) groups is 1. The van der Waals surface area contributed by atoms with Crippen molar-refractivity contribution in [1.82, 2.24) is 0 Å². The van der Waals surface area contributed by atoms with E-state index in [9.17, 15) is 4.79 Å². The van der Waals surface area contributed by atoms with Gasteiger partial charge in [0.15, 0.2) is 5.78 Å². The topological polar surface area (TPSA) is 26.3 Å². The van der Waals surface area contributed by atoms with Gasteiger partial charge in [0.05, 0.1) is 9.35 Å². The quantitative estimate of drug-likeness (QED) is 0.683. The number of hydrogen-bond donors (Lipinski definition) is 0. The lowest BCUT2D eigenvalue weighted by atomic mass is 10.1. The zero-order valence-electron chi connectivity index (χ0n) is 9.57. The number of thiophene rings is 1. The second-order valence-electron chi connectivity index (χ2n) is 3.69. The predicted octanol–water partition coefficient (Wildman–Crippen LogP) is 5.05. The Kier molecular flexibility index (Phi) is 4.59. The van der Waals surface area contributed by atoms with Crippen molar-refractivity contribution in [3.8, 4) is 5.75 Å². The van der Waals surface area contributed by atoms with Crippen LogP contribution < -0.4 is 4.74 Å². The summed E-state index contributed by atoms with van der Waals surface area (Å²) in [5.74, 6) is 0.617. The maximum atomic E-state index is 11.5.